The summed E-state index contributed by atoms with van der Waals surface area (Å²) in [5, 5.41) is 10.8. The summed E-state index contributed by atoms with van der Waals surface area (Å²) in [6, 6.07) is 0. The predicted octanol–water partition coefficient (Wildman–Crippen LogP) is 1.93. The molecule has 94 valence electrons. The Morgan fingerprint density at radius 3 is 2.71 bits per heavy atom. The molecular formula is C10H15Cl2N5. The fourth-order valence-corrected chi connectivity index (χ4v) is 2.18. The maximum Gasteiger partial charge on any atom is 0.245 e. The standard InChI is InChI=1S/C10H15Cl2N5/c1-17-4-2-7(3-5-17)6-13-9-8(11)15-16-10(12)14-9/h7H,2-6H2,1H3,(H,13,14,16). The molecule has 0 atom stereocenters. The van der Waals surface area contributed by atoms with E-state index in [-0.39, 0.29) is 10.4 Å². The summed E-state index contributed by atoms with van der Waals surface area (Å²) in [6.45, 7) is 3.13. The number of nitrogens with zero attached hydrogens (tertiary/aromatic N) is 4. The average Bonchev–Trinajstić information content (AvgIpc) is 2.32. The van der Waals surface area contributed by atoms with Crippen LogP contribution in [0.15, 0.2) is 0 Å². The van der Waals surface area contributed by atoms with Crippen LogP contribution in [0.4, 0.5) is 5.82 Å². The number of hydrogen-bond donors (Lipinski definition) is 1. The first kappa shape index (κ1) is 12.8. The van der Waals surface area contributed by atoms with E-state index in [1.807, 2.05) is 0 Å². The summed E-state index contributed by atoms with van der Waals surface area (Å²) in [5.74, 6) is 1.17. The summed E-state index contributed by atoms with van der Waals surface area (Å²) in [4.78, 5) is 6.35. The molecule has 0 radical (unpaired) electrons. The number of hydrogen-bond acceptors (Lipinski definition) is 5. The monoisotopic (exact) mass is 275 g/mol. The van der Waals surface area contributed by atoms with E-state index in [0.29, 0.717) is 11.7 Å². The molecule has 0 saturated carbocycles. The topological polar surface area (TPSA) is 53.9 Å². The lowest BCUT2D eigenvalue weighted by atomic mass is 9.97. The van der Waals surface area contributed by atoms with Crippen LogP contribution in [0.3, 0.4) is 0 Å². The molecule has 0 bridgehead atoms. The molecule has 1 N–H and O–H groups in total. The number of halogens is 2. The largest absolute Gasteiger partial charge is 0.367 e. The molecule has 0 unspecified atom stereocenters. The number of rotatable bonds is 3. The number of likely N-dealkylation sites (tertiary alicyclic amines) is 1. The Morgan fingerprint density at radius 1 is 1.29 bits per heavy atom. The minimum atomic E-state index is 0.111. The van der Waals surface area contributed by atoms with Crippen LogP contribution in [-0.2, 0) is 0 Å². The van der Waals surface area contributed by atoms with Gasteiger partial charge in [0.05, 0.1) is 0 Å². The van der Waals surface area contributed by atoms with E-state index in [0.717, 1.165) is 19.6 Å². The Hall–Kier alpha value is -0.650. The number of nitrogens with one attached hydrogen (secondary N) is 1. The van der Waals surface area contributed by atoms with Crippen LogP contribution >= 0.6 is 23.2 Å². The molecule has 1 fully saturated rings. The molecule has 2 heterocycles. The van der Waals surface area contributed by atoms with E-state index >= 15 is 0 Å². The third-order valence-electron chi connectivity index (χ3n) is 3.02. The Bertz CT molecular complexity index is 379. The number of anilines is 1. The van der Waals surface area contributed by atoms with Gasteiger partial charge in [0.25, 0.3) is 0 Å². The lowest BCUT2D eigenvalue weighted by molar-refractivity contribution is 0.226. The zero-order valence-electron chi connectivity index (χ0n) is 9.66. The van der Waals surface area contributed by atoms with Crippen LogP contribution in [0, 0.1) is 5.92 Å². The van der Waals surface area contributed by atoms with Crippen LogP contribution < -0.4 is 5.32 Å². The molecule has 7 heteroatoms. The third-order valence-corrected chi connectivity index (χ3v) is 3.43. The van der Waals surface area contributed by atoms with Crippen LogP contribution in [-0.4, -0.2) is 46.8 Å². The first-order valence-electron chi connectivity index (χ1n) is 5.63. The maximum absolute atomic E-state index is 5.87. The van der Waals surface area contributed by atoms with Gasteiger partial charge < -0.3 is 10.2 Å². The van der Waals surface area contributed by atoms with E-state index in [2.05, 4.69) is 32.4 Å². The van der Waals surface area contributed by atoms with Crippen molar-refractivity contribution in [2.45, 2.75) is 12.8 Å². The van der Waals surface area contributed by atoms with Crippen LogP contribution in [0.2, 0.25) is 10.4 Å². The molecule has 1 aromatic heterocycles. The maximum atomic E-state index is 5.87. The van der Waals surface area contributed by atoms with Crippen molar-refractivity contribution in [3.63, 3.8) is 0 Å². The highest BCUT2D eigenvalue weighted by atomic mass is 35.5. The van der Waals surface area contributed by atoms with Crippen molar-refractivity contribution in [3.05, 3.63) is 10.4 Å². The van der Waals surface area contributed by atoms with Crippen molar-refractivity contribution in [1.29, 1.82) is 0 Å². The minimum Gasteiger partial charge on any atom is -0.367 e. The summed E-state index contributed by atoms with van der Waals surface area (Å²) in [6.07, 6.45) is 2.38. The second-order valence-electron chi connectivity index (χ2n) is 4.35. The molecule has 1 aliphatic rings. The van der Waals surface area contributed by atoms with Crippen molar-refractivity contribution >= 4 is 29.0 Å². The fourth-order valence-electron chi connectivity index (χ4n) is 1.91. The van der Waals surface area contributed by atoms with Crippen molar-refractivity contribution in [3.8, 4) is 0 Å². The van der Waals surface area contributed by atoms with Crippen LogP contribution in [0.25, 0.3) is 0 Å². The molecule has 0 aromatic carbocycles. The Morgan fingerprint density at radius 2 is 2.00 bits per heavy atom. The number of piperidine rings is 1. The highest BCUT2D eigenvalue weighted by Gasteiger charge is 2.17. The zero-order chi connectivity index (χ0) is 12.3. The van der Waals surface area contributed by atoms with Gasteiger partial charge in [0.2, 0.25) is 5.28 Å². The molecule has 5 nitrogen and oxygen atoms in total. The molecular weight excluding hydrogens is 261 g/mol. The quantitative estimate of drug-likeness (QED) is 0.914. The van der Waals surface area contributed by atoms with Crippen LogP contribution in [0.5, 0.6) is 0 Å². The fraction of sp³-hybridized carbons (Fsp3) is 0.700. The molecule has 1 aliphatic heterocycles. The lowest BCUT2D eigenvalue weighted by Crippen LogP contribution is -2.33. The molecule has 0 amide bonds. The Kier molecular flexibility index (Phi) is 4.36. The van der Waals surface area contributed by atoms with Gasteiger partial charge in [-0.3, -0.25) is 0 Å². The highest BCUT2D eigenvalue weighted by Crippen LogP contribution is 2.20. The summed E-state index contributed by atoms with van der Waals surface area (Å²) in [7, 11) is 2.15. The van der Waals surface area contributed by atoms with Crippen molar-refractivity contribution in [1.82, 2.24) is 20.1 Å². The molecule has 1 aromatic rings. The van der Waals surface area contributed by atoms with Gasteiger partial charge in [-0.15, -0.1) is 10.2 Å². The highest BCUT2D eigenvalue weighted by molar-refractivity contribution is 6.32. The Labute approximate surface area is 111 Å². The van der Waals surface area contributed by atoms with Gasteiger partial charge in [-0.05, 0) is 50.5 Å². The molecule has 2 rings (SSSR count). The number of aromatic nitrogens is 3. The summed E-state index contributed by atoms with van der Waals surface area (Å²) < 4.78 is 0. The Balaban J connectivity index is 1.87. The molecule has 17 heavy (non-hydrogen) atoms. The van der Waals surface area contributed by atoms with Crippen molar-refractivity contribution in [2.75, 3.05) is 32.0 Å². The smallest absolute Gasteiger partial charge is 0.245 e. The second-order valence-corrected chi connectivity index (χ2v) is 5.04. The van der Waals surface area contributed by atoms with Crippen LogP contribution in [0.1, 0.15) is 12.8 Å². The van der Waals surface area contributed by atoms with Gasteiger partial charge in [0.15, 0.2) is 11.0 Å². The van der Waals surface area contributed by atoms with Gasteiger partial charge in [-0.25, -0.2) is 0 Å². The predicted molar refractivity (Wildman–Crippen MR) is 68.6 cm³/mol. The lowest BCUT2D eigenvalue weighted by Gasteiger charge is -2.29. The normalized spacial score (nSPS) is 18.3. The van der Waals surface area contributed by atoms with E-state index in [4.69, 9.17) is 23.2 Å². The van der Waals surface area contributed by atoms with Gasteiger partial charge in [0.1, 0.15) is 0 Å². The average molecular weight is 276 g/mol. The van der Waals surface area contributed by atoms with Crippen molar-refractivity contribution in [2.24, 2.45) is 5.92 Å². The minimum absolute atomic E-state index is 0.111. The molecule has 0 spiro atoms. The van der Waals surface area contributed by atoms with E-state index < -0.39 is 0 Å². The second kappa shape index (κ2) is 5.80. The first-order chi connectivity index (χ1) is 8.15. The zero-order valence-corrected chi connectivity index (χ0v) is 11.2. The summed E-state index contributed by atoms with van der Waals surface area (Å²) in [5.41, 5.74) is 0. The summed E-state index contributed by atoms with van der Waals surface area (Å²) >= 11 is 11.5. The van der Waals surface area contributed by atoms with Gasteiger partial charge >= 0.3 is 0 Å². The van der Waals surface area contributed by atoms with Crippen molar-refractivity contribution < 1.29 is 0 Å². The van der Waals surface area contributed by atoms with Gasteiger partial charge in [0, 0.05) is 6.54 Å². The van der Waals surface area contributed by atoms with Gasteiger partial charge in [-0.1, -0.05) is 11.6 Å². The van der Waals surface area contributed by atoms with E-state index in [1.54, 1.807) is 0 Å². The molecule has 1 saturated heterocycles. The SMILES string of the molecule is CN1CCC(CNc2nc(Cl)nnc2Cl)CC1. The third kappa shape index (κ3) is 3.66. The first-order valence-corrected chi connectivity index (χ1v) is 6.39. The van der Waals surface area contributed by atoms with E-state index in [1.165, 1.54) is 12.8 Å². The molecule has 0 aliphatic carbocycles. The van der Waals surface area contributed by atoms with Gasteiger partial charge in [-0.2, -0.15) is 4.98 Å². The van der Waals surface area contributed by atoms with E-state index in [9.17, 15) is 0 Å².